The van der Waals surface area contributed by atoms with E-state index in [4.69, 9.17) is 0 Å². The van der Waals surface area contributed by atoms with Crippen LogP contribution in [0.5, 0.6) is 0 Å². The van der Waals surface area contributed by atoms with Crippen LogP contribution in [0.15, 0.2) is 34.1 Å². The molecule has 114 valence electrons. The Balaban J connectivity index is 1.84. The zero-order valence-electron chi connectivity index (χ0n) is 11.6. The van der Waals surface area contributed by atoms with Crippen LogP contribution in [0.1, 0.15) is 0 Å². The Morgan fingerprint density at radius 1 is 1.29 bits per heavy atom. The molecular weight excluding hydrogens is 296 g/mol. The fraction of sp³-hybridized carbons (Fsp3) is 0.364. The first kappa shape index (κ1) is 15.2. The standard InChI is InChI=1S/C11H16N6O3S/c1-17(2)9-5-11(16-13-6-9)12-3-4-15-21(18,19)10-7-14-20-8-10/h5-8,15H,3-4H2,1-2H3,(H,12,16). The van der Waals surface area contributed by atoms with E-state index in [2.05, 4.69) is 29.9 Å². The van der Waals surface area contributed by atoms with Gasteiger partial charge in [0.1, 0.15) is 11.2 Å². The Hall–Kier alpha value is -2.20. The van der Waals surface area contributed by atoms with E-state index in [0.717, 1.165) is 18.1 Å². The van der Waals surface area contributed by atoms with Gasteiger partial charge in [-0.3, -0.25) is 0 Å². The largest absolute Gasteiger partial charge is 0.376 e. The predicted molar refractivity (Wildman–Crippen MR) is 76.5 cm³/mol. The molecule has 2 aromatic rings. The SMILES string of the molecule is CN(C)c1cnnc(NCCNS(=O)(=O)c2cnoc2)c1. The van der Waals surface area contributed by atoms with Crippen molar-refractivity contribution in [2.45, 2.75) is 4.90 Å². The third-order valence-electron chi connectivity index (χ3n) is 2.60. The summed E-state index contributed by atoms with van der Waals surface area (Å²) in [4.78, 5) is 1.89. The molecule has 2 aromatic heterocycles. The molecule has 0 saturated heterocycles. The molecule has 0 saturated carbocycles. The molecule has 0 aliphatic rings. The highest BCUT2D eigenvalue weighted by Gasteiger charge is 2.15. The minimum Gasteiger partial charge on any atom is -0.376 e. The second-order valence-corrected chi connectivity index (χ2v) is 6.15. The maximum atomic E-state index is 11.8. The van der Waals surface area contributed by atoms with E-state index in [1.165, 1.54) is 0 Å². The van der Waals surface area contributed by atoms with Crippen molar-refractivity contribution in [3.05, 3.63) is 24.7 Å². The van der Waals surface area contributed by atoms with E-state index in [-0.39, 0.29) is 11.4 Å². The average Bonchev–Trinajstić information content (AvgIpc) is 2.99. The summed E-state index contributed by atoms with van der Waals surface area (Å²) >= 11 is 0. The van der Waals surface area contributed by atoms with Crippen LogP contribution in [0, 0.1) is 0 Å². The van der Waals surface area contributed by atoms with Crippen molar-refractivity contribution in [1.29, 1.82) is 0 Å². The summed E-state index contributed by atoms with van der Waals surface area (Å²) in [5.74, 6) is 0.574. The second-order valence-electron chi connectivity index (χ2n) is 4.38. The van der Waals surface area contributed by atoms with Crippen molar-refractivity contribution in [2.75, 3.05) is 37.4 Å². The van der Waals surface area contributed by atoms with Gasteiger partial charge in [0, 0.05) is 33.3 Å². The molecule has 0 aromatic carbocycles. The highest BCUT2D eigenvalue weighted by molar-refractivity contribution is 7.89. The molecule has 10 heteroatoms. The normalized spacial score (nSPS) is 11.3. The minimum atomic E-state index is -3.58. The van der Waals surface area contributed by atoms with E-state index in [1.807, 2.05) is 25.1 Å². The maximum absolute atomic E-state index is 11.8. The maximum Gasteiger partial charge on any atom is 0.245 e. The Labute approximate surface area is 122 Å². The lowest BCUT2D eigenvalue weighted by Gasteiger charge is -2.12. The van der Waals surface area contributed by atoms with Crippen molar-refractivity contribution in [3.8, 4) is 0 Å². The van der Waals surface area contributed by atoms with Gasteiger partial charge in [-0.15, -0.1) is 5.10 Å². The van der Waals surface area contributed by atoms with Gasteiger partial charge >= 0.3 is 0 Å². The Morgan fingerprint density at radius 3 is 2.76 bits per heavy atom. The van der Waals surface area contributed by atoms with Crippen LogP contribution in [0.25, 0.3) is 0 Å². The van der Waals surface area contributed by atoms with E-state index in [0.29, 0.717) is 12.4 Å². The first-order valence-corrected chi connectivity index (χ1v) is 7.60. The van der Waals surface area contributed by atoms with Gasteiger partial charge < -0.3 is 14.7 Å². The summed E-state index contributed by atoms with van der Waals surface area (Å²) in [7, 11) is 0.210. The lowest BCUT2D eigenvalue weighted by atomic mass is 10.4. The summed E-state index contributed by atoms with van der Waals surface area (Å²) in [6.45, 7) is 0.567. The van der Waals surface area contributed by atoms with Gasteiger partial charge in [-0.25, -0.2) is 13.1 Å². The first-order valence-electron chi connectivity index (χ1n) is 6.12. The van der Waals surface area contributed by atoms with Crippen LogP contribution in [-0.2, 0) is 10.0 Å². The van der Waals surface area contributed by atoms with Crippen LogP contribution in [-0.4, -0.2) is 51.0 Å². The van der Waals surface area contributed by atoms with E-state index >= 15 is 0 Å². The molecule has 0 aliphatic heterocycles. The summed E-state index contributed by atoms with van der Waals surface area (Å²) in [5, 5.41) is 14.1. The van der Waals surface area contributed by atoms with Crippen LogP contribution in [0.2, 0.25) is 0 Å². The van der Waals surface area contributed by atoms with Crippen molar-refractivity contribution < 1.29 is 12.9 Å². The van der Waals surface area contributed by atoms with Crippen LogP contribution in [0.4, 0.5) is 11.5 Å². The highest BCUT2D eigenvalue weighted by atomic mass is 32.2. The molecule has 0 aliphatic carbocycles. The fourth-order valence-corrected chi connectivity index (χ4v) is 2.36. The zero-order chi connectivity index (χ0) is 15.3. The smallest absolute Gasteiger partial charge is 0.245 e. The Morgan fingerprint density at radius 2 is 2.10 bits per heavy atom. The number of rotatable bonds is 7. The van der Waals surface area contributed by atoms with Crippen LogP contribution >= 0.6 is 0 Å². The molecule has 2 N–H and O–H groups in total. The van der Waals surface area contributed by atoms with E-state index in [9.17, 15) is 8.42 Å². The second kappa shape index (κ2) is 6.50. The van der Waals surface area contributed by atoms with Gasteiger partial charge in [0.05, 0.1) is 18.1 Å². The zero-order valence-corrected chi connectivity index (χ0v) is 12.5. The third-order valence-corrected chi connectivity index (χ3v) is 4.01. The summed E-state index contributed by atoms with van der Waals surface area (Å²) in [6.07, 6.45) is 3.85. The molecular formula is C11H16N6O3S. The molecule has 0 unspecified atom stereocenters. The van der Waals surface area contributed by atoms with Crippen LogP contribution in [0.3, 0.4) is 0 Å². The Kier molecular flexibility index (Phi) is 4.70. The number of aromatic nitrogens is 3. The number of anilines is 2. The molecule has 0 spiro atoms. The summed E-state index contributed by atoms with van der Waals surface area (Å²) in [5.41, 5.74) is 0.901. The topological polar surface area (TPSA) is 113 Å². The van der Waals surface area contributed by atoms with Gasteiger partial charge in [0.15, 0.2) is 5.82 Å². The summed E-state index contributed by atoms with van der Waals surface area (Å²) < 4.78 is 30.5. The van der Waals surface area contributed by atoms with E-state index in [1.54, 1.807) is 6.20 Å². The lowest BCUT2D eigenvalue weighted by Crippen LogP contribution is -2.28. The fourth-order valence-electron chi connectivity index (χ4n) is 1.47. The van der Waals surface area contributed by atoms with Gasteiger partial charge in [-0.2, -0.15) is 5.10 Å². The molecule has 0 atom stereocenters. The number of hydrogen-bond donors (Lipinski definition) is 2. The number of nitrogens with zero attached hydrogens (tertiary/aromatic N) is 4. The van der Waals surface area contributed by atoms with Gasteiger partial charge in [0.25, 0.3) is 0 Å². The monoisotopic (exact) mass is 312 g/mol. The van der Waals surface area contributed by atoms with Gasteiger partial charge in [-0.1, -0.05) is 5.16 Å². The number of nitrogens with one attached hydrogen (secondary N) is 2. The van der Waals surface area contributed by atoms with Crippen LogP contribution < -0.4 is 14.9 Å². The van der Waals surface area contributed by atoms with Crippen molar-refractivity contribution >= 4 is 21.5 Å². The van der Waals surface area contributed by atoms with Crippen molar-refractivity contribution in [1.82, 2.24) is 20.1 Å². The van der Waals surface area contributed by atoms with Gasteiger partial charge in [-0.05, 0) is 0 Å². The summed E-state index contributed by atoms with van der Waals surface area (Å²) in [6, 6.07) is 1.82. The minimum absolute atomic E-state index is 0.00287. The predicted octanol–water partition coefficient (Wildman–Crippen LogP) is -0.0790. The molecule has 0 amide bonds. The molecule has 2 rings (SSSR count). The number of sulfonamides is 1. The van der Waals surface area contributed by atoms with Crippen molar-refractivity contribution in [3.63, 3.8) is 0 Å². The molecule has 0 radical (unpaired) electrons. The number of hydrogen-bond acceptors (Lipinski definition) is 8. The molecule has 2 heterocycles. The molecule has 0 bridgehead atoms. The average molecular weight is 312 g/mol. The lowest BCUT2D eigenvalue weighted by molar-refractivity contribution is 0.417. The molecule has 21 heavy (non-hydrogen) atoms. The van der Waals surface area contributed by atoms with Gasteiger partial charge in [0.2, 0.25) is 10.0 Å². The quantitative estimate of drug-likeness (QED) is 0.683. The molecule has 9 nitrogen and oxygen atoms in total. The highest BCUT2D eigenvalue weighted by Crippen LogP contribution is 2.12. The van der Waals surface area contributed by atoms with E-state index < -0.39 is 10.0 Å². The third kappa shape index (κ3) is 4.13. The first-order chi connectivity index (χ1) is 9.99. The van der Waals surface area contributed by atoms with Crippen molar-refractivity contribution in [2.24, 2.45) is 0 Å². The Bertz CT molecular complexity index is 671. The molecule has 0 fully saturated rings.